The van der Waals surface area contributed by atoms with Gasteiger partial charge in [-0.25, -0.2) is 9.37 Å². The first-order valence-electron chi connectivity index (χ1n) is 6.12. The lowest BCUT2D eigenvalue weighted by Crippen LogP contribution is -1.91. The van der Waals surface area contributed by atoms with E-state index >= 15 is 0 Å². The highest BCUT2D eigenvalue weighted by molar-refractivity contribution is 9.10. The summed E-state index contributed by atoms with van der Waals surface area (Å²) >= 11 is 3.17. The van der Waals surface area contributed by atoms with E-state index in [1.165, 1.54) is 6.07 Å². The molecule has 1 aromatic heterocycles. The van der Waals surface area contributed by atoms with Crippen LogP contribution in [-0.2, 0) is 6.42 Å². The highest BCUT2D eigenvalue weighted by atomic mass is 79.9. The maximum Gasteiger partial charge on any atom is 0.139 e. The molecule has 3 rings (SSSR count). The zero-order valence-electron chi connectivity index (χ0n) is 10.8. The molecular formula is C15H12BrFN2O. The third-order valence-corrected chi connectivity index (χ3v) is 3.71. The number of rotatable bonds is 3. The lowest BCUT2D eigenvalue weighted by molar-refractivity contribution is 0.414. The van der Waals surface area contributed by atoms with E-state index in [0.29, 0.717) is 16.4 Å². The Bertz CT molecular complexity index is 713. The number of ether oxygens (including phenoxy) is 1. The molecule has 2 aromatic carbocycles. The van der Waals surface area contributed by atoms with Gasteiger partial charge in [-0.05, 0) is 39.7 Å². The summed E-state index contributed by atoms with van der Waals surface area (Å²) in [7, 11) is 1.64. The number of aromatic amines is 1. The van der Waals surface area contributed by atoms with Gasteiger partial charge in [0.25, 0.3) is 0 Å². The van der Waals surface area contributed by atoms with Gasteiger partial charge in [0.05, 0.1) is 22.6 Å². The van der Waals surface area contributed by atoms with Gasteiger partial charge >= 0.3 is 0 Å². The zero-order valence-corrected chi connectivity index (χ0v) is 12.4. The van der Waals surface area contributed by atoms with Gasteiger partial charge in [0, 0.05) is 12.5 Å². The molecule has 0 amide bonds. The molecule has 1 N–H and O–H groups in total. The van der Waals surface area contributed by atoms with Gasteiger partial charge in [0.2, 0.25) is 0 Å². The second kappa shape index (κ2) is 5.25. The molecule has 3 aromatic rings. The molecule has 0 aliphatic carbocycles. The first kappa shape index (κ1) is 13.1. The minimum absolute atomic E-state index is 0.294. The number of halogens is 2. The fraction of sp³-hybridized carbons (Fsp3) is 0.133. The number of hydrogen-bond donors (Lipinski definition) is 1. The summed E-state index contributed by atoms with van der Waals surface area (Å²) in [6.07, 6.45) is 0.665. The quantitative estimate of drug-likeness (QED) is 0.784. The standard InChI is InChI=1S/C15H12BrFN2O/c1-20-10-4-2-9(3-5-10)6-15-18-13-7-11(16)12(17)8-14(13)19-15/h2-5,7-8H,6H2,1H3,(H,18,19). The fourth-order valence-corrected chi connectivity index (χ4v) is 2.41. The molecule has 1 heterocycles. The molecule has 0 bridgehead atoms. The Morgan fingerprint density at radius 3 is 2.70 bits per heavy atom. The Morgan fingerprint density at radius 1 is 1.25 bits per heavy atom. The van der Waals surface area contributed by atoms with Crippen molar-refractivity contribution in [2.45, 2.75) is 6.42 Å². The maximum absolute atomic E-state index is 13.5. The molecule has 0 radical (unpaired) electrons. The molecule has 0 saturated carbocycles. The summed E-state index contributed by atoms with van der Waals surface area (Å²) < 4.78 is 19.0. The van der Waals surface area contributed by atoms with Crippen molar-refractivity contribution >= 4 is 27.0 Å². The fourth-order valence-electron chi connectivity index (χ4n) is 2.08. The van der Waals surface area contributed by atoms with Gasteiger partial charge in [0.1, 0.15) is 17.4 Å². The maximum atomic E-state index is 13.5. The smallest absolute Gasteiger partial charge is 0.139 e. The van der Waals surface area contributed by atoms with Crippen LogP contribution in [0.25, 0.3) is 11.0 Å². The monoisotopic (exact) mass is 334 g/mol. The SMILES string of the molecule is COc1ccc(Cc2nc3cc(Br)c(F)cc3[nH]2)cc1. The zero-order chi connectivity index (χ0) is 14.1. The molecule has 0 aliphatic rings. The van der Waals surface area contributed by atoms with Gasteiger partial charge in [-0.3, -0.25) is 0 Å². The Hall–Kier alpha value is -1.88. The molecule has 5 heteroatoms. The van der Waals surface area contributed by atoms with Gasteiger partial charge in [-0.2, -0.15) is 0 Å². The van der Waals surface area contributed by atoms with Crippen molar-refractivity contribution in [1.29, 1.82) is 0 Å². The van der Waals surface area contributed by atoms with Crippen LogP contribution in [0.2, 0.25) is 0 Å². The number of nitrogens with one attached hydrogen (secondary N) is 1. The van der Waals surface area contributed by atoms with Crippen LogP contribution in [0, 0.1) is 5.82 Å². The van der Waals surface area contributed by atoms with Gasteiger partial charge in [-0.1, -0.05) is 12.1 Å². The summed E-state index contributed by atoms with van der Waals surface area (Å²) in [5.74, 6) is 1.34. The third kappa shape index (κ3) is 2.54. The second-order valence-electron chi connectivity index (χ2n) is 4.49. The molecule has 20 heavy (non-hydrogen) atoms. The average Bonchev–Trinajstić information content (AvgIpc) is 2.81. The van der Waals surface area contributed by atoms with E-state index in [0.717, 1.165) is 22.7 Å². The summed E-state index contributed by atoms with van der Waals surface area (Å²) in [5.41, 5.74) is 2.57. The van der Waals surface area contributed by atoms with E-state index in [4.69, 9.17) is 4.74 Å². The molecule has 0 atom stereocenters. The van der Waals surface area contributed by atoms with Crippen LogP contribution in [0.1, 0.15) is 11.4 Å². The molecule has 0 saturated heterocycles. The number of imidazole rings is 1. The Labute approximate surface area is 123 Å². The molecule has 0 aliphatic heterocycles. The molecule has 0 spiro atoms. The van der Waals surface area contributed by atoms with E-state index in [-0.39, 0.29) is 5.82 Å². The predicted molar refractivity (Wildman–Crippen MR) is 79.6 cm³/mol. The topological polar surface area (TPSA) is 37.9 Å². The molecule has 102 valence electrons. The molecule has 0 unspecified atom stereocenters. The largest absolute Gasteiger partial charge is 0.497 e. The van der Waals surface area contributed by atoms with E-state index in [1.807, 2.05) is 24.3 Å². The summed E-state index contributed by atoms with van der Waals surface area (Å²) in [6.45, 7) is 0. The number of nitrogens with zero attached hydrogens (tertiary/aromatic N) is 1. The van der Waals surface area contributed by atoms with Crippen molar-refractivity contribution in [2.24, 2.45) is 0 Å². The summed E-state index contributed by atoms with van der Waals surface area (Å²) in [4.78, 5) is 7.61. The number of H-pyrrole nitrogens is 1. The molecule has 3 nitrogen and oxygen atoms in total. The minimum Gasteiger partial charge on any atom is -0.497 e. The Kier molecular flexibility index (Phi) is 3.44. The highest BCUT2D eigenvalue weighted by Crippen LogP contribution is 2.22. The van der Waals surface area contributed by atoms with Crippen molar-refractivity contribution < 1.29 is 9.13 Å². The molecular weight excluding hydrogens is 323 g/mol. The van der Waals surface area contributed by atoms with Crippen LogP contribution in [0.4, 0.5) is 4.39 Å². The number of aromatic nitrogens is 2. The van der Waals surface area contributed by atoms with Crippen molar-refractivity contribution in [3.8, 4) is 5.75 Å². The Morgan fingerprint density at radius 2 is 2.00 bits per heavy atom. The van der Waals surface area contributed by atoms with Gasteiger partial charge < -0.3 is 9.72 Å². The number of fused-ring (bicyclic) bond motifs is 1. The van der Waals surface area contributed by atoms with Crippen LogP contribution in [0.15, 0.2) is 40.9 Å². The highest BCUT2D eigenvalue weighted by Gasteiger charge is 2.08. The average molecular weight is 335 g/mol. The van der Waals surface area contributed by atoms with Crippen LogP contribution < -0.4 is 4.74 Å². The molecule has 0 fully saturated rings. The van der Waals surface area contributed by atoms with Crippen molar-refractivity contribution in [3.63, 3.8) is 0 Å². The van der Waals surface area contributed by atoms with Gasteiger partial charge in [-0.15, -0.1) is 0 Å². The normalized spacial score (nSPS) is 10.9. The first-order chi connectivity index (χ1) is 9.65. The van der Waals surface area contributed by atoms with E-state index in [1.54, 1.807) is 13.2 Å². The second-order valence-corrected chi connectivity index (χ2v) is 5.35. The van der Waals surface area contributed by atoms with Crippen LogP contribution >= 0.6 is 15.9 Å². The third-order valence-electron chi connectivity index (χ3n) is 3.10. The van der Waals surface area contributed by atoms with E-state index in [2.05, 4.69) is 25.9 Å². The van der Waals surface area contributed by atoms with E-state index in [9.17, 15) is 4.39 Å². The lowest BCUT2D eigenvalue weighted by atomic mass is 10.1. The van der Waals surface area contributed by atoms with E-state index < -0.39 is 0 Å². The van der Waals surface area contributed by atoms with Crippen molar-refractivity contribution in [1.82, 2.24) is 9.97 Å². The first-order valence-corrected chi connectivity index (χ1v) is 6.91. The Balaban J connectivity index is 1.90. The van der Waals surface area contributed by atoms with Crippen molar-refractivity contribution in [3.05, 3.63) is 58.1 Å². The van der Waals surface area contributed by atoms with Crippen LogP contribution in [0.5, 0.6) is 5.75 Å². The van der Waals surface area contributed by atoms with Crippen LogP contribution in [-0.4, -0.2) is 17.1 Å². The number of hydrogen-bond acceptors (Lipinski definition) is 2. The minimum atomic E-state index is -0.294. The number of methoxy groups -OCH3 is 1. The number of benzene rings is 2. The predicted octanol–water partition coefficient (Wildman–Crippen LogP) is 4.06. The summed E-state index contributed by atoms with van der Waals surface area (Å²) in [6, 6.07) is 10.9. The summed E-state index contributed by atoms with van der Waals surface area (Å²) in [5, 5.41) is 0. The lowest BCUT2D eigenvalue weighted by Gasteiger charge is -2.01. The van der Waals surface area contributed by atoms with Crippen molar-refractivity contribution in [2.75, 3.05) is 7.11 Å². The van der Waals surface area contributed by atoms with Crippen LogP contribution in [0.3, 0.4) is 0 Å². The van der Waals surface area contributed by atoms with Gasteiger partial charge in [0.15, 0.2) is 0 Å².